The van der Waals surface area contributed by atoms with Gasteiger partial charge in [-0.25, -0.2) is 9.67 Å². The molecule has 0 unspecified atom stereocenters. The molecule has 2 heterocycles. The van der Waals surface area contributed by atoms with Gasteiger partial charge in [0.25, 0.3) is 0 Å². The lowest BCUT2D eigenvalue weighted by Gasteiger charge is -1.95. The molecule has 1 aliphatic rings. The van der Waals surface area contributed by atoms with Crippen LogP contribution in [0.15, 0.2) is 6.33 Å². The van der Waals surface area contributed by atoms with Crippen LogP contribution in [0.25, 0.3) is 11.2 Å². The Kier molecular flexibility index (Phi) is 1.29. The van der Waals surface area contributed by atoms with Crippen molar-refractivity contribution in [1.29, 1.82) is 0 Å². The van der Waals surface area contributed by atoms with Gasteiger partial charge in [-0.05, 0) is 12.8 Å². The third-order valence-electron chi connectivity index (χ3n) is 2.17. The van der Waals surface area contributed by atoms with Crippen molar-refractivity contribution in [3.8, 4) is 0 Å². The van der Waals surface area contributed by atoms with Crippen LogP contribution in [0, 0.1) is 4.64 Å². The molecule has 2 aromatic heterocycles. The molecule has 0 aromatic carbocycles. The van der Waals surface area contributed by atoms with Crippen LogP contribution in [0.2, 0.25) is 0 Å². The lowest BCUT2D eigenvalue weighted by molar-refractivity contribution is 0.624. The molecule has 0 aliphatic heterocycles. The molecule has 0 spiro atoms. The van der Waals surface area contributed by atoms with Crippen LogP contribution in [0.4, 0.5) is 0 Å². The highest BCUT2D eigenvalue weighted by Gasteiger charge is 2.26. The minimum atomic E-state index is 0.512. The quantitative estimate of drug-likeness (QED) is 0.692. The average molecular weight is 193 g/mol. The van der Waals surface area contributed by atoms with Crippen LogP contribution in [-0.2, 0) is 0 Å². The van der Waals surface area contributed by atoms with E-state index in [1.54, 1.807) is 6.33 Å². The van der Waals surface area contributed by atoms with E-state index in [4.69, 9.17) is 12.2 Å². The summed E-state index contributed by atoms with van der Waals surface area (Å²) in [5.41, 5.74) is 1.59. The Morgan fingerprint density at radius 2 is 2.38 bits per heavy atom. The van der Waals surface area contributed by atoms with E-state index in [0.29, 0.717) is 16.2 Å². The molecule has 0 amide bonds. The predicted molar refractivity (Wildman–Crippen MR) is 48.8 cm³/mol. The van der Waals surface area contributed by atoms with Gasteiger partial charge in [0, 0.05) is 0 Å². The van der Waals surface area contributed by atoms with Gasteiger partial charge in [-0.1, -0.05) is 17.4 Å². The Balaban J connectivity index is 2.38. The summed E-state index contributed by atoms with van der Waals surface area (Å²) < 4.78 is 2.41. The lowest BCUT2D eigenvalue weighted by atomic mass is 10.5. The van der Waals surface area contributed by atoms with Gasteiger partial charge in [0.05, 0.1) is 12.4 Å². The van der Waals surface area contributed by atoms with Gasteiger partial charge in [0.1, 0.15) is 0 Å². The summed E-state index contributed by atoms with van der Waals surface area (Å²) in [5.74, 6) is 0. The molecule has 1 aliphatic carbocycles. The maximum absolute atomic E-state index is 5.03. The Morgan fingerprint density at radius 3 is 3.15 bits per heavy atom. The SMILES string of the molecule is S=c1nc[nH]c2c1nnn2C1CC1. The first-order chi connectivity index (χ1) is 6.36. The largest absolute Gasteiger partial charge is 0.329 e. The second-order valence-corrected chi connectivity index (χ2v) is 3.56. The van der Waals surface area contributed by atoms with E-state index >= 15 is 0 Å². The number of H-pyrrole nitrogens is 1. The van der Waals surface area contributed by atoms with E-state index in [1.807, 2.05) is 4.68 Å². The maximum Gasteiger partial charge on any atom is 0.166 e. The second-order valence-electron chi connectivity index (χ2n) is 3.17. The number of fused-ring (bicyclic) bond motifs is 1. The summed E-state index contributed by atoms with van der Waals surface area (Å²) in [6, 6.07) is 0.512. The fourth-order valence-corrected chi connectivity index (χ4v) is 1.55. The zero-order valence-electron chi connectivity index (χ0n) is 6.77. The van der Waals surface area contributed by atoms with Crippen LogP contribution < -0.4 is 0 Å². The number of rotatable bonds is 1. The van der Waals surface area contributed by atoms with Crippen molar-refractivity contribution >= 4 is 23.4 Å². The lowest BCUT2D eigenvalue weighted by Crippen LogP contribution is -1.97. The standard InChI is InChI=1S/C7H7N5S/c13-7-5-6(8-3-9-7)12(11-10-5)4-1-2-4/h3-4H,1-2H2,(H,8,9,13). The van der Waals surface area contributed by atoms with Crippen LogP contribution in [0.1, 0.15) is 18.9 Å². The highest BCUT2D eigenvalue weighted by Crippen LogP contribution is 2.35. The summed E-state index contributed by atoms with van der Waals surface area (Å²) >= 11 is 5.03. The average Bonchev–Trinajstić information content (AvgIpc) is 2.87. The number of aromatic nitrogens is 5. The van der Waals surface area contributed by atoms with Gasteiger partial charge in [0.15, 0.2) is 15.8 Å². The van der Waals surface area contributed by atoms with Crippen molar-refractivity contribution in [1.82, 2.24) is 25.0 Å². The Morgan fingerprint density at radius 1 is 1.54 bits per heavy atom. The van der Waals surface area contributed by atoms with Crippen molar-refractivity contribution in [3.63, 3.8) is 0 Å². The normalized spacial score (nSPS) is 16.6. The minimum absolute atomic E-state index is 0.512. The number of hydrogen-bond donors (Lipinski definition) is 1. The van der Waals surface area contributed by atoms with E-state index in [0.717, 1.165) is 5.65 Å². The molecule has 5 nitrogen and oxygen atoms in total. The van der Waals surface area contributed by atoms with E-state index < -0.39 is 0 Å². The molecular weight excluding hydrogens is 186 g/mol. The third-order valence-corrected chi connectivity index (χ3v) is 2.47. The van der Waals surface area contributed by atoms with Crippen molar-refractivity contribution in [3.05, 3.63) is 11.0 Å². The first kappa shape index (κ1) is 7.14. The topological polar surface area (TPSA) is 59.4 Å². The fourth-order valence-electron chi connectivity index (χ4n) is 1.36. The smallest absolute Gasteiger partial charge is 0.166 e. The highest BCUT2D eigenvalue weighted by molar-refractivity contribution is 7.71. The van der Waals surface area contributed by atoms with Crippen LogP contribution in [0.3, 0.4) is 0 Å². The van der Waals surface area contributed by atoms with Crippen LogP contribution in [-0.4, -0.2) is 25.0 Å². The molecule has 2 aromatic rings. The fraction of sp³-hybridized carbons (Fsp3) is 0.429. The van der Waals surface area contributed by atoms with E-state index in [-0.39, 0.29) is 0 Å². The summed E-state index contributed by atoms with van der Waals surface area (Å²) in [6.07, 6.45) is 3.95. The highest BCUT2D eigenvalue weighted by atomic mass is 32.1. The van der Waals surface area contributed by atoms with Gasteiger partial charge in [-0.2, -0.15) is 0 Å². The minimum Gasteiger partial charge on any atom is -0.329 e. The molecule has 1 N–H and O–H groups in total. The van der Waals surface area contributed by atoms with Crippen molar-refractivity contribution in [2.24, 2.45) is 0 Å². The Bertz CT molecular complexity index is 509. The van der Waals surface area contributed by atoms with E-state index in [2.05, 4.69) is 20.3 Å². The zero-order valence-corrected chi connectivity index (χ0v) is 7.58. The summed E-state index contributed by atoms with van der Waals surface area (Å²) in [7, 11) is 0. The summed E-state index contributed by atoms with van der Waals surface area (Å²) in [6.45, 7) is 0. The molecule has 0 atom stereocenters. The van der Waals surface area contributed by atoms with E-state index in [1.165, 1.54) is 12.8 Å². The van der Waals surface area contributed by atoms with Gasteiger partial charge >= 0.3 is 0 Å². The van der Waals surface area contributed by atoms with Crippen molar-refractivity contribution < 1.29 is 0 Å². The monoisotopic (exact) mass is 193 g/mol. The second kappa shape index (κ2) is 2.35. The molecule has 6 heteroatoms. The molecule has 13 heavy (non-hydrogen) atoms. The predicted octanol–water partition coefficient (Wildman–Crippen LogP) is 1.22. The molecule has 0 saturated heterocycles. The molecular formula is C7H7N5S. The summed E-state index contributed by atoms with van der Waals surface area (Å²) in [4.78, 5) is 6.97. The Labute approximate surface area is 78.8 Å². The number of hydrogen-bond acceptors (Lipinski definition) is 4. The molecule has 0 bridgehead atoms. The van der Waals surface area contributed by atoms with Gasteiger partial charge in [-0.3, -0.25) is 0 Å². The number of aromatic amines is 1. The molecule has 1 saturated carbocycles. The zero-order chi connectivity index (χ0) is 8.84. The Hall–Kier alpha value is -1.30. The first-order valence-electron chi connectivity index (χ1n) is 4.15. The number of nitrogens with zero attached hydrogens (tertiary/aromatic N) is 4. The molecule has 3 rings (SSSR count). The van der Waals surface area contributed by atoms with Gasteiger partial charge in [0.2, 0.25) is 0 Å². The van der Waals surface area contributed by atoms with Gasteiger partial charge in [-0.15, -0.1) is 5.10 Å². The van der Waals surface area contributed by atoms with Crippen molar-refractivity contribution in [2.45, 2.75) is 18.9 Å². The van der Waals surface area contributed by atoms with Crippen LogP contribution >= 0.6 is 12.2 Å². The molecule has 66 valence electrons. The third kappa shape index (κ3) is 0.983. The van der Waals surface area contributed by atoms with E-state index in [9.17, 15) is 0 Å². The molecule has 0 radical (unpaired) electrons. The first-order valence-corrected chi connectivity index (χ1v) is 4.55. The molecule has 1 fully saturated rings. The maximum atomic E-state index is 5.03. The van der Waals surface area contributed by atoms with Gasteiger partial charge < -0.3 is 4.98 Å². The number of nitrogens with one attached hydrogen (secondary N) is 1. The summed E-state index contributed by atoms with van der Waals surface area (Å²) in [5, 5.41) is 8.04. The van der Waals surface area contributed by atoms with Crippen molar-refractivity contribution in [2.75, 3.05) is 0 Å². The van der Waals surface area contributed by atoms with Crippen LogP contribution in [0.5, 0.6) is 0 Å².